The average molecular weight is 355 g/mol. The summed E-state index contributed by atoms with van der Waals surface area (Å²) in [5, 5.41) is 2.76. The molecule has 0 aromatic heterocycles. The molecule has 2 aromatic carbocycles. The molecule has 0 atom stereocenters. The number of benzene rings is 2. The number of nitrogens with one attached hydrogen (secondary N) is 1. The smallest absolute Gasteiger partial charge is 0.346 e. The lowest BCUT2D eigenvalue weighted by atomic mass is 10.1. The number of hydrogen-bond acceptors (Lipinski definition) is 5. The fourth-order valence-corrected chi connectivity index (χ4v) is 3.10. The SMILES string of the molecule is COc1cccc(OC)c1C(=O)OCC(=O)Nc1ccc2c(c1)CCC2. The van der Waals surface area contributed by atoms with Gasteiger partial charge in [0.25, 0.3) is 5.91 Å². The fraction of sp³-hybridized carbons (Fsp3) is 0.300. The molecular formula is C20H21NO5. The molecule has 26 heavy (non-hydrogen) atoms. The van der Waals surface area contributed by atoms with Crippen LogP contribution in [0, 0.1) is 0 Å². The fourth-order valence-electron chi connectivity index (χ4n) is 3.10. The summed E-state index contributed by atoms with van der Waals surface area (Å²) in [6.07, 6.45) is 3.26. The zero-order valence-electron chi connectivity index (χ0n) is 14.8. The van der Waals surface area contributed by atoms with Crippen molar-refractivity contribution in [1.82, 2.24) is 0 Å². The molecule has 1 N–H and O–H groups in total. The summed E-state index contributed by atoms with van der Waals surface area (Å²) >= 11 is 0. The van der Waals surface area contributed by atoms with Gasteiger partial charge in [-0.2, -0.15) is 0 Å². The summed E-state index contributed by atoms with van der Waals surface area (Å²) in [4.78, 5) is 24.5. The topological polar surface area (TPSA) is 73.9 Å². The second kappa shape index (κ2) is 7.91. The van der Waals surface area contributed by atoms with Gasteiger partial charge in [0.1, 0.15) is 17.1 Å². The predicted molar refractivity (Wildman–Crippen MR) is 96.9 cm³/mol. The number of amides is 1. The highest BCUT2D eigenvalue weighted by Crippen LogP contribution is 2.29. The van der Waals surface area contributed by atoms with Crippen LogP contribution in [0.4, 0.5) is 5.69 Å². The molecule has 136 valence electrons. The zero-order valence-corrected chi connectivity index (χ0v) is 14.8. The van der Waals surface area contributed by atoms with Crippen molar-refractivity contribution in [3.05, 3.63) is 53.1 Å². The van der Waals surface area contributed by atoms with E-state index in [-0.39, 0.29) is 5.56 Å². The number of esters is 1. The molecule has 3 rings (SSSR count). The Labute approximate surface area is 152 Å². The lowest BCUT2D eigenvalue weighted by Gasteiger charge is -2.12. The second-order valence-corrected chi connectivity index (χ2v) is 6.00. The molecule has 2 aromatic rings. The Balaban J connectivity index is 1.62. The number of carbonyl (C=O) groups is 2. The van der Waals surface area contributed by atoms with Crippen molar-refractivity contribution < 1.29 is 23.8 Å². The monoisotopic (exact) mass is 355 g/mol. The van der Waals surface area contributed by atoms with Crippen molar-refractivity contribution in [2.24, 2.45) is 0 Å². The molecule has 6 heteroatoms. The average Bonchev–Trinajstić information content (AvgIpc) is 3.13. The number of aryl methyl sites for hydroxylation is 2. The molecule has 1 aliphatic rings. The van der Waals surface area contributed by atoms with Gasteiger partial charge in [0.2, 0.25) is 0 Å². The van der Waals surface area contributed by atoms with E-state index in [1.54, 1.807) is 18.2 Å². The first kappa shape index (κ1) is 17.8. The maximum absolute atomic E-state index is 12.4. The van der Waals surface area contributed by atoms with E-state index in [4.69, 9.17) is 14.2 Å². The molecule has 0 spiro atoms. The summed E-state index contributed by atoms with van der Waals surface area (Å²) in [6.45, 7) is -0.392. The van der Waals surface area contributed by atoms with E-state index in [1.165, 1.54) is 25.3 Å². The third kappa shape index (κ3) is 3.79. The van der Waals surface area contributed by atoms with Gasteiger partial charge < -0.3 is 19.5 Å². The van der Waals surface area contributed by atoms with E-state index in [9.17, 15) is 9.59 Å². The van der Waals surface area contributed by atoms with Gasteiger partial charge in [-0.05, 0) is 54.7 Å². The number of anilines is 1. The van der Waals surface area contributed by atoms with Crippen LogP contribution in [0.5, 0.6) is 11.5 Å². The molecule has 0 radical (unpaired) electrons. The van der Waals surface area contributed by atoms with Crippen LogP contribution in [0.1, 0.15) is 27.9 Å². The summed E-state index contributed by atoms with van der Waals surface area (Å²) < 4.78 is 15.5. The Kier molecular flexibility index (Phi) is 5.41. The minimum Gasteiger partial charge on any atom is -0.496 e. The first-order valence-electron chi connectivity index (χ1n) is 8.42. The number of carbonyl (C=O) groups excluding carboxylic acids is 2. The van der Waals surface area contributed by atoms with Gasteiger partial charge in [-0.3, -0.25) is 4.79 Å². The van der Waals surface area contributed by atoms with E-state index in [2.05, 4.69) is 5.32 Å². The lowest BCUT2D eigenvalue weighted by molar-refractivity contribution is -0.119. The van der Waals surface area contributed by atoms with Gasteiger partial charge >= 0.3 is 5.97 Å². The molecule has 1 aliphatic carbocycles. The van der Waals surface area contributed by atoms with Crippen molar-refractivity contribution >= 4 is 17.6 Å². The molecule has 0 heterocycles. The molecule has 0 saturated carbocycles. The highest BCUT2D eigenvalue weighted by molar-refractivity contribution is 5.98. The Morgan fingerprint density at radius 2 is 1.69 bits per heavy atom. The van der Waals surface area contributed by atoms with Gasteiger partial charge in [-0.15, -0.1) is 0 Å². The minimum atomic E-state index is -0.677. The van der Waals surface area contributed by atoms with Gasteiger partial charge in [-0.1, -0.05) is 12.1 Å². The largest absolute Gasteiger partial charge is 0.496 e. The Morgan fingerprint density at radius 3 is 2.38 bits per heavy atom. The van der Waals surface area contributed by atoms with Crippen LogP contribution in [0.3, 0.4) is 0 Å². The van der Waals surface area contributed by atoms with Crippen molar-refractivity contribution in [3.8, 4) is 11.5 Å². The van der Waals surface area contributed by atoms with Gasteiger partial charge in [0.05, 0.1) is 14.2 Å². The number of ether oxygens (including phenoxy) is 3. The van der Waals surface area contributed by atoms with Crippen LogP contribution in [-0.4, -0.2) is 32.7 Å². The molecule has 6 nitrogen and oxygen atoms in total. The normalized spacial score (nSPS) is 12.2. The highest BCUT2D eigenvalue weighted by Gasteiger charge is 2.21. The third-order valence-corrected chi connectivity index (χ3v) is 4.35. The van der Waals surface area contributed by atoms with Crippen LogP contribution >= 0.6 is 0 Å². The molecular weight excluding hydrogens is 334 g/mol. The van der Waals surface area contributed by atoms with Gasteiger partial charge in [-0.25, -0.2) is 4.79 Å². The summed E-state index contributed by atoms with van der Waals surface area (Å²) in [7, 11) is 2.90. The number of methoxy groups -OCH3 is 2. The van der Waals surface area contributed by atoms with Crippen molar-refractivity contribution in [3.63, 3.8) is 0 Å². The van der Waals surface area contributed by atoms with Crippen molar-refractivity contribution in [1.29, 1.82) is 0 Å². The highest BCUT2D eigenvalue weighted by atomic mass is 16.5. The minimum absolute atomic E-state index is 0.155. The maximum Gasteiger partial charge on any atom is 0.346 e. The van der Waals surface area contributed by atoms with E-state index in [0.29, 0.717) is 17.2 Å². The van der Waals surface area contributed by atoms with Crippen LogP contribution in [0.25, 0.3) is 0 Å². The Hall–Kier alpha value is -3.02. The first-order chi connectivity index (χ1) is 12.6. The molecule has 0 saturated heterocycles. The number of rotatable bonds is 6. The van der Waals surface area contributed by atoms with E-state index >= 15 is 0 Å². The summed E-state index contributed by atoms with van der Waals surface area (Å²) in [6, 6.07) is 10.8. The Bertz CT molecular complexity index is 809. The van der Waals surface area contributed by atoms with Gasteiger partial charge in [0, 0.05) is 5.69 Å². The van der Waals surface area contributed by atoms with Crippen LogP contribution in [0.15, 0.2) is 36.4 Å². The summed E-state index contributed by atoms with van der Waals surface area (Å²) in [5.41, 5.74) is 3.46. The van der Waals surface area contributed by atoms with Crippen LogP contribution in [0.2, 0.25) is 0 Å². The second-order valence-electron chi connectivity index (χ2n) is 6.00. The molecule has 0 unspecified atom stereocenters. The molecule has 1 amide bonds. The quantitative estimate of drug-likeness (QED) is 0.807. The van der Waals surface area contributed by atoms with E-state index < -0.39 is 18.5 Å². The van der Waals surface area contributed by atoms with Crippen molar-refractivity contribution in [2.45, 2.75) is 19.3 Å². The first-order valence-corrected chi connectivity index (χ1v) is 8.42. The van der Waals surface area contributed by atoms with Crippen molar-refractivity contribution in [2.75, 3.05) is 26.1 Å². The van der Waals surface area contributed by atoms with E-state index in [0.717, 1.165) is 19.3 Å². The molecule has 0 bridgehead atoms. The standard InChI is InChI=1S/C20H21NO5/c1-24-16-7-4-8-17(25-2)19(16)20(23)26-12-18(22)21-15-10-9-13-5-3-6-14(13)11-15/h4,7-11H,3,5-6,12H2,1-2H3,(H,21,22). The zero-order chi connectivity index (χ0) is 18.5. The summed E-state index contributed by atoms with van der Waals surface area (Å²) in [5.74, 6) is -0.421. The predicted octanol–water partition coefficient (Wildman–Crippen LogP) is 2.99. The molecule has 0 aliphatic heterocycles. The number of hydrogen-bond donors (Lipinski definition) is 1. The van der Waals surface area contributed by atoms with Crippen LogP contribution in [-0.2, 0) is 22.4 Å². The number of fused-ring (bicyclic) bond motifs is 1. The Morgan fingerprint density at radius 1 is 1.00 bits per heavy atom. The third-order valence-electron chi connectivity index (χ3n) is 4.35. The van der Waals surface area contributed by atoms with E-state index in [1.807, 2.05) is 18.2 Å². The maximum atomic E-state index is 12.4. The van der Waals surface area contributed by atoms with Gasteiger partial charge in [0.15, 0.2) is 6.61 Å². The van der Waals surface area contributed by atoms with Crippen LogP contribution < -0.4 is 14.8 Å². The lowest BCUT2D eigenvalue weighted by Crippen LogP contribution is -2.21. The molecule has 0 fully saturated rings.